The molecule has 2 heterocycles. The van der Waals surface area contributed by atoms with E-state index >= 15 is 0 Å². The number of esters is 1. The van der Waals surface area contributed by atoms with Crippen LogP contribution in [0.2, 0.25) is 0 Å². The summed E-state index contributed by atoms with van der Waals surface area (Å²) >= 11 is 0. The van der Waals surface area contributed by atoms with Crippen molar-refractivity contribution in [2.45, 2.75) is 18.9 Å². The second-order valence-electron chi connectivity index (χ2n) is 5.95. The lowest BCUT2D eigenvalue weighted by Crippen LogP contribution is -2.36. The summed E-state index contributed by atoms with van der Waals surface area (Å²) in [5.74, 6) is 0.500. The second-order valence-corrected chi connectivity index (χ2v) is 5.95. The number of hydrogen-bond donors (Lipinski definition) is 1. The zero-order valence-corrected chi connectivity index (χ0v) is 13.6. The zero-order valence-electron chi connectivity index (χ0n) is 13.6. The number of aromatic nitrogens is 2. The third-order valence-electron chi connectivity index (χ3n) is 4.50. The average Bonchev–Trinajstić information content (AvgIpc) is 2.68. The van der Waals surface area contributed by atoms with Gasteiger partial charge in [-0.1, -0.05) is 30.3 Å². The molecule has 3 rings (SSSR count). The molecule has 1 fully saturated rings. The smallest absolute Gasteiger partial charge is 0.358 e. The molecule has 1 N–H and O–H groups in total. The molecule has 6 heteroatoms. The topological polar surface area (TPSA) is 75.5 Å². The monoisotopic (exact) mass is 327 g/mol. The quantitative estimate of drug-likeness (QED) is 0.868. The molecule has 0 amide bonds. The van der Waals surface area contributed by atoms with Crippen LogP contribution in [0.3, 0.4) is 0 Å². The Morgan fingerprint density at radius 1 is 1.17 bits per heavy atom. The third-order valence-corrected chi connectivity index (χ3v) is 4.50. The number of aliphatic hydroxyl groups excluding tert-OH is 1. The third kappa shape index (κ3) is 3.54. The van der Waals surface area contributed by atoms with Crippen LogP contribution in [0.25, 0.3) is 0 Å². The van der Waals surface area contributed by atoms with Gasteiger partial charge in [-0.2, -0.15) is 0 Å². The lowest BCUT2D eigenvalue weighted by atomic mass is 9.87. The van der Waals surface area contributed by atoms with E-state index in [-0.39, 0.29) is 11.6 Å². The fourth-order valence-electron chi connectivity index (χ4n) is 3.07. The van der Waals surface area contributed by atoms with E-state index in [1.54, 1.807) is 12.1 Å². The van der Waals surface area contributed by atoms with Crippen LogP contribution in [-0.4, -0.2) is 41.5 Å². The van der Waals surface area contributed by atoms with Gasteiger partial charge in [0.15, 0.2) is 11.5 Å². The first-order valence-electron chi connectivity index (χ1n) is 8.09. The molecule has 1 aliphatic rings. The van der Waals surface area contributed by atoms with Crippen molar-refractivity contribution in [2.24, 2.45) is 5.92 Å². The Morgan fingerprint density at radius 2 is 1.88 bits per heavy atom. The molecular weight excluding hydrogens is 306 g/mol. The summed E-state index contributed by atoms with van der Waals surface area (Å²) in [5, 5.41) is 18.6. The van der Waals surface area contributed by atoms with Gasteiger partial charge in [0.2, 0.25) is 0 Å². The summed E-state index contributed by atoms with van der Waals surface area (Å²) in [6, 6.07) is 13.2. The Labute approximate surface area is 141 Å². The molecule has 1 atom stereocenters. The largest absolute Gasteiger partial charge is 0.464 e. The molecule has 0 bridgehead atoms. The van der Waals surface area contributed by atoms with Crippen LogP contribution in [0.5, 0.6) is 0 Å². The van der Waals surface area contributed by atoms with E-state index < -0.39 is 12.1 Å². The number of methoxy groups -OCH3 is 1. The second kappa shape index (κ2) is 7.40. The summed E-state index contributed by atoms with van der Waals surface area (Å²) in [6.45, 7) is 1.61. The fourth-order valence-corrected chi connectivity index (χ4v) is 3.07. The van der Waals surface area contributed by atoms with Crippen LogP contribution in [0, 0.1) is 5.92 Å². The minimum atomic E-state index is -0.487. The Hall–Kier alpha value is -2.47. The first-order chi connectivity index (χ1) is 11.7. The minimum absolute atomic E-state index is 0.204. The van der Waals surface area contributed by atoms with Crippen LogP contribution in [0.15, 0.2) is 42.5 Å². The van der Waals surface area contributed by atoms with Crippen LogP contribution in [0.4, 0.5) is 5.82 Å². The van der Waals surface area contributed by atoms with Crippen LogP contribution in [-0.2, 0) is 4.74 Å². The number of aliphatic hydroxyl groups is 1. The molecule has 1 saturated heterocycles. The van der Waals surface area contributed by atoms with Crippen LogP contribution in [0.1, 0.15) is 35.0 Å². The number of benzene rings is 1. The minimum Gasteiger partial charge on any atom is -0.464 e. The number of ether oxygens (including phenoxy) is 1. The van der Waals surface area contributed by atoms with E-state index in [0.29, 0.717) is 0 Å². The molecule has 1 unspecified atom stereocenters. The first-order valence-corrected chi connectivity index (χ1v) is 8.09. The van der Waals surface area contributed by atoms with E-state index in [9.17, 15) is 9.90 Å². The van der Waals surface area contributed by atoms with Crippen molar-refractivity contribution in [1.29, 1.82) is 0 Å². The molecule has 24 heavy (non-hydrogen) atoms. The van der Waals surface area contributed by atoms with Gasteiger partial charge in [-0.25, -0.2) is 4.79 Å². The fraction of sp³-hybridized carbons (Fsp3) is 0.389. The number of rotatable bonds is 4. The summed E-state index contributed by atoms with van der Waals surface area (Å²) in [4.78, 5) is 13.5. The summed E-state index contributed by atoms with van der Waals surface area (Å²) in [6.07, 6.45) is 1.34. The first kappa shape index (κ1) is 16.4. The highest BCUT2D eigenvalue weighted by Crippen LogP contribution is 2.31. The van der Waals surface area contributed by atoms with Gasteiger partial charge in [0, 0.05) is 13.1 Å². The maximum absolute atomic E-state index is 11.4. The van der Waals surface area contributed by atoms with Gasteiger partial charge in [0.1, 0.15) is 0 Å². The standard InChI is InChI=1S/C18H21N3O3/c1-24-18(23)15-7-8-16(20-19-15)21-11-9-14(10-12-21)17(22)13-5-3-2-4-6-13/h2-8,14,17,22H,9-12H2,1H3. The molecular formula is C18H21N3O3. The number of piperidine rings is 1. The summed E-state index contributed by atoms with van der Waals surface area (Å²) in [5.41, 5.74) is 1.17. The molecule has 0 saturated carbocycles. The molecule has 1 aliphatic heterocycles. The molecule has 2 aromatic rings. The maximum Gasteiger partial charge on any atom is 0.358 e. The predicted octanol–water partition coefficient (Wildman–Crippen LogP) is 2.21. The van der Waals surface area contributed by atoms with Crippen molar-refractivity contribution in [3.8, 4) is 0 Å². The van der Waals surface area contributed by atoms with Gasteiger partial charge in [0.05, 0.1) is 13.2 Å². The highest BCUT2D eigenvalue weighted by Gasteiger charge is 2.27. The SMILES string of the molecule is COC(=O)c1ccc(N2CCC(C(O)c3ccccc3)CC2)nn1. The van der Waals surface area contributed by atoms with Gasteiger partial charge in [0.25, 0.3) is 0 Å². The van der Waals surface area contributed by atoms with E-state index in [4.69, 9.17) is 0 Å². The molecule has 0 radical (unpaired) electrons. The summed E-state index contributed by atoms with van der Waals surface area (Å²) < 4.78 is 4.62. The zero-order chi connectivity index (χ0) is 16.9. The van der Waals surface area contributed by atoms with E-state index in [2.05, 4.69) is 19.8 Å². The van der Waals surface area contributed by atoms with Gasteiger partial charge < -0.3 is 14.7 Å². The van der Waals surface area contributed by atoms with Crippen molar-refractivity contribution in [3.63, 3.8) is 0 Å². The van der Waals surface area contributed by atoms with Crippen molar-refractivity contribution < 1.29 is 14.6 Å². The number of carbonyl (C=O) groups is 1. The Morgan fingerprint density at radius 3 is 2.46 bits per heavy atom. The number of nitrogens with zero attached hydrogens (tertiary/aromatic N) is 3. The van der Waals surface area contributed by atoms with Gasteiger partial charge in [-0.3, -0.25) is 0 Å². The molecule has 126 valence electrons. The van der Waals surface area contributed by atoms with Crippen molar-refractivity contribution in [3.05, 3.63) is 53.7 Å². The molecule has 0 spiro atoms. The molecule has 1 aromatic heterocycles. The normalized spacial score (nSPS) is 16.7. The molecule has 0 aliphatic carbocycles. The van der Waals surface area contributed by atoms with Gasteiger partial charge in [-0.05, 0) is 36.5 Å². The van der Waals surface area contributed by atoms with Crippen molar-refractivity contribution >= 4 is 11.8 Å². The van der Waals surface area contributed by atoms with Gasteiger partial charge in [-0.15, -0.1) is 10.2 Å². The van der Waals surface area contributed by atoms with Crippen molar-refractivity contribution in [1.82, 2.24) is 10.2 Å². The molecule has 6 nitrogen and oxygen atoms in total. The van der Waals surface area contributed by atoms with E-state index in [1.807, 2.05) is 30.3 Å². The number of carbonyl (C=O) groups excluding carboxylic acids is 1. The number of anilines is 1. The Kier molecular flexibility index (Phi) is 5.05. The average molecular weight is 327 g/mol. The highest BCUT2D eigenvalue weighted by atomic mass is 16.5. The Bertz CT molecular complexity index is 668. The predicted molar refractivity (Wildman–Crippen MR) is 89.7 cm³/mol. The van der Waals surface area contributed by atoms with Crippen molar-refractivity contribution in [2.75, 3.05) is 25.1 Å². The molecule has 1 aromatic carbocycles. The number of hydrogen-bond acceptors (Lipinski definition) is 6. The lowest BCUT2D eigenvalue weighted by molar-refractivity contribution is 0.0592. The van der Waals surface area contributed by atoms with Gasteiger partial charge >= 0.3 is 5.97 Å². The maximum atomic E-state index is 11.4. The van der Waals surface area contributed by atoms with Crippen LogP contribution < -0.4 is 4.90 Å². The summed E-state index contributed by atoms with van der Waals surface area (Å²) in [7, 11) is 1.32. The lowest BCUT2D eigenvalue weighted by Gasteiger charge is -2.34. The van der Waals surface area contributed by atoms with E-state index in [1.165, 1.54) is 7.11 Å². The Balaban J connectivity index is 1.60. The highest BCUT2D eigenvalue weighted by molar-refractivity contribution is 5.86. The van der Waals surface area contributed by atoms with E-state index in [0.717, 1.165) is 37.3 Å². The van der Waals surface area contributed by atoms with Crippen LogP contribution >= 0.6 is 0 Å².